The summed E-state index contributed by atoms with van der Waals surface area (Å²) in [5.41, 5.74) is 2.73. The number of nitrogens with two attached hydrogens (primary N) is 1. The Morgan fingerprint density at radius 1 is 1.13 bits per heavy atom. The number of primary sulfonamides is 1. The van der Waals surface area contributed by atoms with Crippen LogP contribution >= 0.6 is 0 Å². The van der Waals surface area contributed by atoms with E-state index in [0.717, 1.165) is 11.3 Å². The van der Waals surface area contributed by atoms with Crippen molar-refractivity contribution in [2.24, 2.45) is 5.14 Å². The van der Waals surface area contributed by atoms with E-state index in [2.05, 4.69) is 10.4 Å². The zero-order valence-electron chi connectivity index (χ0n) is 16.7. The summed E-state index contributed by atoms with van der Waals surface area (Å²) in [4.78, 5) is 12.8. The van der Waals surface area contributed by atoms with Gasteiger partial charge >= 0.3 is 0 Å². The van der Waals surface area contributed by atoms with Crippen LogP contribution in [-0.2, 0) is 16.4 Å². The maximum absolute atomic E-state index is 13.2. The Balaban J connectivity index is 1.70. The highest BCUT2D eigenvalue weighted by Crippen LogP contribution is 2.23. The summed E-state index contributed by atoms with van der Waals surface area (Å²) in [5.74, 6) is -0.579. The molecule has 0 aliphatic carbocycles. The number of halogens is 1. The molecule has 1 amide bonds. The van der Waals surface area contributed by atoms with E-state index < -0.39 is 10.0 Å². The lowest BCUT2D eigenvalue weighted by molar-refractivity contribution is 0.0952. The molecule has 0 spiro atoms. The van der Waals surface area contributed by atoms with E-state index in [1.165, 1.54) is 30.5 Å². The molecule has 3 rings (SSSR count). The number of amides is 1. The molecule has 0 bridgehead atoms. The van der Waals surface area contributed by atoms with Gasteiger partial charge in [-0.3, -0.25) is 4.79 Å². The van der Waals surface area contributed by atoms with Crippen LogP contribution in [-0.4, -0.2) is 30.7 Å². The molecule has 3 N–H and O–H groups in total. The first-order valence-electron chi connectivity index (χ1n) is 9.40. The summed E-state index contributed by atoms with van der Waals surface area (Å²) in [6.45, 7) is 4.29. The third-order valence-electron chi connectivity index (χ3n) is 4.62. The molecule has 0 radical (unpaired) electrons. The van der Waals surface area contributed by atoms with Crippen LogP contribution in [0.4, 0.5) is 4.39 Å². The van der Waals surface area contributed by atoms with Crippen molar-refractivity contribution < 1.29 is 17.6 Å². The largest absolute Gasteiger partial charge is 0.352 e. The first-order valence-corrected chi connectivity index (χ1v) is 10.9. The molecule has 9 heteroatoms. The highest BCUT2D eigenvalue weighted by molar-refractivity contribution is 7.89. The SMILES string of the molecule is CC(C)c1c(C(=O)NCCc2ccc(S(N)(=O)=O)cc2)cnn1-c1ccc(F)cc1. The Morgan fingerprint density at radius 2 is 1.77 bits per heavy atom. The van der Waals surface area contributed by atoms with E-state index in [4.69, 9.17) is 5.14 Å². The average molecular weight is 431 g/mol. The highest BCUT2D eigenvalue weighted by Gasteiger charge is 2.20. The minimum atomic E-state index is -3.73. The van der Waals surface area contributed by atoms with Crippen molar-refractivity contribution in [2.75, 3.05) is 6.54 Å². The molecular weight excluding hydrogens is 407 g/mol. The molecular formula is C21H23FN4O3S. The molecule has 3 aromatic rings. The lowest BCUT2D eigenvalue weighted by Gasteiger charge is -2.13. The predicted molar refractivity (Wildman–Crippen MR) is 111 cm³/mol. The molecule has 30 heavy (non-hydrogen) atoms. The number of carbonyl (C=O) groups excluding carboxylic acids is 1. The van der Waals surface area contributed by atoms with Gasteiger partial charge in [0.15, 0.2) is 0 Å². The topological polar surface area (TPSA) is 107 Å². The number of hydrogen-bond acceptors (Lipinski definition) is 4. The van der Waals surface area contributed by atoms with Crippen LogP contribution in [0.25, 0.3) is 5.69 Å². The average Bonchev–Trinajstić information content (AvgIpc) is 3.14. The van der Waals surface area contributed by atoms with Gasteiger partial charge in [0, 0.05) is 6.54 Å². The molecule has 0 aliphatic rings. The van der Waals surface area contributed by atoms with Gasteiger partial charge in [0.25, 0.3) is 5.91 Å². The molecule has 0 saturated carbocycles. The van der Waals surface area contributed by atoms with Crippen molar-refractivity contribution in [3.8, 4) is 5.69 Å². The zero-order chi connectivity index (χ0) is 21.9. The number of nitrogens with one attached hydrogen (secondary N) is 1. The van der Waals surface area contributed by atoms with Crippen LogP contribution in [0.15, 0.2) is 59.6 Å². The van der Waals surface area contributed by atoms with Gasteiger partial charge in [-0.15, -0.1) is 0 Å². The number of rotatable bonds is 7. The van der Waals surface area contributed by atoms with E-state index in [9.17, 15) is 17.6 Å². The van der Waals surface area contributed by atoms with Crippen molar-refractivity contribution in [1.29, 1.82) is 0 Å². The molecule has 0 saturated heterocycles. The molecule has 0 atom stereocenters. The summed E-state index contributed by atoms with van der Waals surface area (Å²) < 4.78 is 37.5. The van der Waals surface area contributed by atoms with E-state index in [0.29, 0.717) is 24.2 Å². The summed E-state index contributed by atoms with van der Waals surface area (Å²) >= 11 is 0. The maximum atomic E-state index is 13.2. The van der Waals surface area contributed by atoms with Crippen molar-refractivity contribution in [2.45, 2.75) is 31.1 Å². The van der Waals surface area contributed by atoms with Gasteiger partial charge in [-0.2, -0.15) is 5.10 Å². The van der Waals surface area contributed by atoms with Gasteiger partial charge in [-0.05, 0) is 54.3 Å². The van der Waals surface area contributed by atoms with E-state index in [1.54, 1.807) is 28.9 Å². The zero-order valence-corrected chi connectivity index (χ0v) is 17.5. The van der Waals surface area contributed by atoms with E-state index in [1.807, 2.05) is 13.8 Å². The minimum absolute atomic E-state index is 0.0176. The molecule has 0 unspecified atom stereocenters. The third kappa shape index (κ3) is 4.92. The van der Waals surface area contributed by atoms with Gasteiger partial charge < -0.3 is 5.32 Å². The van der Waals surface area contributed by atoms with Crippen molar-refractivity contribution in [3.63, 3.8) is 0 Å². The van der Waals surface area contributed by atoms with Crippen LogP contribution in [0.3, 0.4) is 0 Å². The summed E-state index contributed by atoms with van der Waals surface area (Å²) in [7, 11) is -3.73. The molecule has 0 aliphatic heterocycles. The van der Waals surface area contributed by atoms with E-state index >= 15 is 0 Å². The number of aromatic nitrogens is 2. The second kappa shape index (κ2) is 8.76. The maximum Gasteiger partial charge on any atom is 0.254 e. The lowest BCUT2D eigenvalue weighted by atomic mass is 10.0. The second-order valence-electron chi connectivity index (χ2n) is 7.18. The number of nitrogens with zero attached hydrogens (tertiary/aromatic N) is 2. The molecule has 158 valence electrons. The van der Waals surface area contributed by atoms with Crippen molar-refractivity contribution in [3.05, 3.63) is 77.4 Å². The number of carbonyl (C=O) groups is 1. The van der Waals surface area contributed by atoms with Crippen LogP contribution in [0.1, 0.15) is 41.4 Å². The van der Waals surface area contributed by atoms with Gasteiger partial charge in [-0.25, -0.2) is 22.6 Å². The monoisotopic (exact) mass is 430 g/mol. The summed E-state index contributed by atoms with van der Waals surface area (Å²) in [5, 5.41) is 12.3. The fraction of sp³-hybridized carbons (Fsp3) is 0.238. The van der Waals surface area contributed by atoms with Gasteiger partial charge in [-0.1, -0.05) is 26.0 Å². The van der Waals surface area contributed by atoms with Crippen LogP contribution in [0.2, 0.25) is 0 Å². The van der Waals surface area contributed by atoms with E-state index in [-0.39, 0.29) is 22.5 Å². The fourth-order valence-corrected chi connectivity index (χ4v) is 3.65. The van der Waals surface area contributed by atoms with Gasteiger partial charge in [0.2, 0.25) is 10.0 Å². The van der Waals surface area contributed by atoms with Gasteiger partial charge in [0.1, 0.15) is 5.82 Å². The number of hydrogen-bond donors (Lipinski definition) is 2. The smallest absolute Gasteiger partial charge is 0.254 e. The molecule has 2 aromatic carbocycles. The standard InChI is InChI=1S/C21H23FN4O3S/c1-14(2)20-19(13-25-26(20)17-7-5-16(22)6-8-17)21(27)24-12-11-15-3-9-18(10-4-15)30(23,28)29/h3-10,13-14H,11-12H2,1-2H3,(H,24,27)(H2,23,28,29). The van der Waals surface area contributed by atoms with Gasteiger partial charge in [0.05, 0.1) is 28.0 Å². The summed E-state index contributed by atoms with van der Waals surface area (Å²) in [6.07, 6.45) is 2.04. The normalized spacial score (nSPS) is 11.6. The molecule has 0 fully saturated rings. The highest BCUT2D eigenvalue weighted by atomic mass is 32.2. The quantitative estimate of drug-likeness (QED) is 0.601. The molecule has 1 aromatic heterocycles. The van der Waals surface area contributed by atoms with Crippen molar-refractivity contribution >= 4 is 15.9 Å². The Morgan fingerprint density at radius 3 is 2.33 bits per heavy atom. The van der Waals surface area contributed by atoms with Crippen molar-refractivity contribution in [1.82, 2.24) is 15.1 Å². The third-order valence-corrected chi connectivity index (χ3v) is 5.55. The Labute approximate surface area is 174 Å². The predicted octanol–water partition coefficient (Wildman–Crippen LogP) is 2.75. The first-order chi connectivity index (χ1) is 14.2. The molecule has 7 nitrogen and oxygen atoms in total. The second-order valence-corrected chi connectivity index (χ2v) is 8.74. The minimum Gasteiger partial charge on any atom is -0.352 e. The Kier molecular flexibility index (Phi) is 6.33. The van der Waals surface area contributed by atoms with Crippen LogP contribution in [0, 0.1) is 5.82 Å². The fourth-order valence-electron chi connectivity index (χ4n) is 3.14. The van der Waals surface area contributed by atoms with Crippen LogP contribution < -0.4 is 10.5 Å². The van der Waals surface area contributed by atoms with Crippen LogP contribution in [0.5, 0.6) is 0 Å². The number of sulfonamides is 1. The first kappa shape index (κ1) is 21.7. The number of benzene rings is 2. The molecule has 1 heterocycles. The summed E-state index contributed by atoms with van der Waals surface area (Å²) in [6, 6.07) is 12.1. The Hall–Kier alpha value is -3.04. The Bertz CT molecular complexity index is 1140. The lowest BCUT2D eigenvalue weighted by Crippen LogP contribution is -2.26.